The molecule has 0 bridgehead atoms. The molecule has 1 nitrogen and oxygen atoms in total. The summed E-state index contributed by atoms with van der Waals surface area (Å²) in [6.07, 6.45) is 0. The van der Waals surface area contributed by atoms with E-state index in [0.717, 1.165) is 22.3 Å². The number of nitrogens with two attached hydrogens (primary N) is 1. The van der Waals surface area contributed by atoms with Crippen molar-refractivity contribution in [2.45, 2.75) is 20.4 Å². The molecule has 0 saturated carbocycles. The van der Waals surface area contributed by atoms with E-state index >= 15 is 0 Å². The average molecular weight is 229 g/mol. The quantitative estimate of drug-likeness (QED) is 0.837. The van der Waals surface area contributed by atoms with Gasteiger partial charge < -0.3 is 5.73 Å². The van der Waals surface area contributed by atoms with Crippen molar-refractivity contribution < 1.29 is 4.39 Å². The maximum atomic E-state index is 13.8. The van der Waals surface area contributed by atoms with Gasteiger partial charge in [0.15, 0.2) is 0 Å². The van der Waals surface area contributed by atoms with E-state index in [2.05, 4.69) is 0 Å². The highest BCUT2D eigenvalue weighted by molar-refractivity contribution is 5.69. The molecular weight excluding hydrogens is 213 g/mol. The molecule has 0 spiro atoms. The van der Waals surface area contributed by atoms with Crippen LogP contribution in [0.1, 0.15) is 16.7 Å². The standard InChI is InChI=1S/C15H16FN/c1-10-3-6-15(16)14(7-10)13-8-12(9-17)5-4-11(13)2/h3-8H,9,17H2,1-2H3. The fourth-order valence-electron chi connectivity index (χ4n) is 1.93. The topological polar surface area (TPSA) is 26.0 Å². The Balaban J connectivity index is 2.62. The first-order chi connectivity index (χ1) is 8.11. The van der Waals surface area contributed by atoms with Gasteiger partial charge in [0.1, 0.15) is 5.82 Å². The van der Waals surface area contributed by atoms with Crippen LogP contribution in [0.15, 0.2) is 36.4 Å². The number of benzene rings is 2. The van der Waals surface area contributed by atoms with Crippen molar-refractivity contribution in [1.29, 1.82) is 0 Å². The molecule has 0 heterocycles. The van der Waals surface area contributed by atoms with Crippen molar-refractivity contribution in [3.63, 3.8) is 0 Å². The van der Waals surface area contributed by atoms with E-state index < -0.39 is 0 Å². The molecule has 0 unspecified atom stereocenters. The Labute approximate surface area is 101 Å². The molecule has 2 heteroatoms. The number of rotatable bonds is 2. The van der Waals surface area contributed by atoms with Gasteiger partial charge in [0.05, 0.1) is 0 Å². The van der Waals surface area contributed by atoms with Gasteiger partial charge in [-0.2, -0.15) is 0 Å². The molecule has 0 saturated heterocycles. The molecule has 0 atom stereocenters. The second-order valence-electron chi connectivity index (χ2n) is 4.34. The molecule has 0 aromatic heterocycles. The zero-order valence-corrected chi connectivity index (χ0v) is 10.1. The van der Waals surface area contributed by atoms with Crippen LogP contribution >= 0.6 is 0 Å². The van der Waals surface area contributed by atoms with Crippen LogP contribution in [-0.2, 0) is 6.54 Å². The summed E-state index contributed by atoms with van der Waals surface area (Å²) in [5.41, 5.74) is 10.3. The van der Waals surface area contributed by atoms with Gasteiger partial charge >= 0.3 is 0 Å². The lowest BCUT2D eigenvalue weighted by molar-refractivity contribution is 0.631. The van der Waals surface area contributed by atoms with Gasteiger partial charge in [-0.15, -0.1) is 0 Å². The molecule has 0 aliphatic heterocycles. The predicted molar refractivity (Wildman–Crippen MR) is 69.2 cm³/mol. The van der Waals surface area contributed by atoms with E-state index in [1.807, 2.05) is 38.1 Å². The lowest BCUT2D eigenvalue weighted by atomic mass is 9.96. The Kier molecular flexibility index (Phi) is 3.25. The number of halogens is 1. The number of hydrogen-bond donors (Lipinski definition) is 1. The van der Waals surface area contributed by atoms with Crippen molar-refractivity contribution in [2.75, 3.05) is 0 Å². The van der Waals surface area contributed by atoms with Crippen LogP contribution in [0.4, 0.5) is 4.39 Å². The third kappa shape index (κ3) is 2.37. The first-order valence-corrected chi connectivity index (χ1v) is 5.68. The molecule has 2 N–H and O–H groups in total. The van der Waals surface area contributed by atoms with E-state index in [0.29, 0.717) is 12.1 Å². The normalized spacial score (nSPS) is 10.6. The predicted octanol–water partition coefficient (Wildman–Crippen LogP) is 3.57. The lowest BCUT2D eigenvalue weighted by Gasteiger charge is -2.10. The molecule has 0 amide bonds. The maximum Gasteiger partial charge on any atom is 0.131 e. The zero-order chi connectivity index (χ0) is 12.4. The minimum atomic E-state index is -0.187. The van der Waals surface area contributed by atoms with E-state index in [1.54, 1.807) is 6.07 Å². The minimum Gasteiger partial charge on any atom is -0.326 e. The second-order valence-corrected chi connectivity index (χ2v) is 4.34. The summed E-state index contributed by atoms with van der Waals surface area (Å²) in [7, 11) is 0. The van der Waals surface area contributed by atoms with Crippen LogP contribution in [0.25, 0.3) is 11.1 Å². The smallest absolute Gasteiger partial charge is 0.131 e. The van der Waals surface area contributed by atoms with Gasteiger partial charge in [-0.05, 0) is 48.7 Å². The highest BCUT2D eigenvalue weighted by atomic mass is 19.1. The summed E-state index contributed by atoms with van der Waals surface area (Å²) >= 11 is 0. The first-order valence-electron chi connectivity index (χ1n) is 5.68. The molecule has 0 radical (unpaired) electrons. The molecule has 2 rings (SSSR count). The zero-order valence-electron chi connectivity index (χ0n) is 10.1. The average Bonchev–Trinajstić information content (AvgIpc) is 2.33. The summed E-state index contributed by atoms with van der Waals surface area (Å²) in [5, 5.41) is 0. The summed E-state index contributed by atoms with van der Waals surface area (Å²) in [6.45, 7) is 4.42. The van der Waals surface area contributed by atoms with Crippen molar-refractivity contribution >= 4 is 0 Å². The van der Waals surface area contributed by atoms with Gasteiger partial charge in [-0.3, -0.25) is 0 Å². The Bertz CT molecular complexity index is 547. The molecule has 0 aliphatic rings. The number of aryl methyl sites for hydroxylation is 2. The van der Waals surface area contributed by atoms with Crippen molar-refractivity contribution in [3.8, 4) is 11.1 Å². The SMILES string of the molecule is Cc1ccc(F)c(-c2cc(CN)ccc2C)c1. The second kappa shape index (κ2) is 4.68. The van der Waals surface area contributed by atoms with E-state index in [1.165, 1.54) is 6.07 Å². The van der Waals surface area contributed by atoms with Crippen LogP contribution in [-0.4, -0.2) is 0 Å². The van der Waals surface area contributed by atoms with E-state index in [9.17, 15) is 4.39 Å². The van der Waals surface area contributed by atoms with Crippen molar-refractivity contribution in [3.05, 3.63) is 58.9 Å². The third-order valence-electron chi connectivity index (χ3n) is 2.95. The lowest BCUT2D eigenvalue weighted by Crippen LogP contribution is -1.98. The Hall–Kier alpha value is -1.67. The molecule has 2 aromatic carbocycles. The van der Waals surface area contributed by atoms with Crippen LogP contribution in [0.5, 0.6) is 0 Å². The Morgan fingerprint density at radius 1 is 1.00 bits per heavy atom. The molecular formula is C15H16FN. The Morgan fingerprint density at radius 2 is 1.76 bits per heavy atom. The number of hydrogen-bond acceptors (Lipinski definition) is 1. The van der Waals surface area contributed by atoms with Gasteiger partial charge in [0, 0.05) is 12.1 Å². The van der Waals surface area contributed by atoms with Gasteiger partial charge in [0.2, 0.25) is 0 Å². The largest absolute Gasteiger partial charge is 0.326 e. The summed E-state index contributed by atoms with van der Waals surface area (Å²) < 4.78 is 13.8. The monoisotopic (exact) mass is 229 g/mol. The summed E-state index contributed by atoms with van der Waals surface area (Å²) in [4.78, 5) is 0. The molecule has 0 fully saturated rings. The molecule has 2 aromatic rings. The van der Waals surface area contributed by atoms with E-state index in [4.69, 9.17) is 5.73 Å². The van der Waals surface area contributed by atoms with Crippen LogP contribution in [0, 0.1) is 19.7 Å². The summed E-state index contributed by atoms with van der Waals surface area (Å²) in [6, 6.07) is 11.1. The van der Waals surface area contributed by atoms with Crippen LogP contribution < -0.4 is 5.73 Å². The fourth-order valence-corrected chi connectivity index (χ4v) is 1.93. The van der Waals surface area contributed by atoms with E-state index in [-0.39, 0.29) is 5.82 Å². The van der Waals surface area contributed by atoms with Gasteiger partial charge in [-0.25, -0.2) is 4.39 Å². The van der Waals surface area contributed by atoms with Crippen molar-refractivity contribution in [1.82, 2.24) is 0 Å². The Morgan fingerprint density at radius 3 is 2.47 bits per heavy atom. The van der Waals surface area contributed by atoms with Gasteiger partial charge in [0.25, 0.3) is 0 Å². The molecule has 0 aliphatic carbocycles. The molecule has 88 valence electrons. The molecule has 17 heavy (non-hydrogen) atoms. The maximum absolute atomic E-state index is 13.8. The van der Waals surface area contributed by atoms with Crippen LogP contribution in [0.3, 0.4) is 0 Å². The summed E-state index contributed by atoms with van der Waals surface area (Å²) in [5.74, 6) is -0.187. The third-order valence-corrected chi connectivity index (χ3v) is 2.95. The highest BCUT2D eigenvalue weighted by Crippen LogP contribution is 2.27. The van der Waals surface area contributed by atoms with Gasteiger partial charge in [-0.1, -0.05) is 23.8 Å². The minimum absolute atomic E-state index is 0.187. The highest BCUT2D eigenvalue weighted by Gasteiger charge is 2.08. The van der Waals surface area contributed by atoms with Crippen LogP contribution in [0.2, 0.25) is 0 Å². The van der Waals surface area contributed by atoms with Crippen molar-refractivity contribution in [2.24, 2.45) is 5.73 Å². The first kappa shape index (κ1) is 11.8. The fraction of sp³-hybridized carbons (Fsp3) is 0.200.